The highest BCUT2D eigenvalue weighted by Crippen LogP contribution is 2.30. The van der Waals surface area contributed by atoms with Crippen LogP contribution in [0.4, 0.5) is 24.9 Å². The Hall–Kier alpha value is -2.71. The second kappa shape index (κ2) is 5.82. The summed E-state index contributed by atoms with van der Waals surface area (Å²) >= 11 is 0. The molecule has 1 aromatic carbocycles. The standard InChI is InChI=1S/C14H13F3N4O2/c15-14(16,17)23-10-3-1-9(2-4-10)8-21-5-6-22-11-7-19-13(18)20-12(11)21/h1-4,7H,5-6,8H2,(H2,18,19,20). The first-order valence-electron chi connectivity index (χ1n) is 6.76. The first-order valence-corrected chi connectivity index (χ1v) is 6.76. The summed E-state index contributed by atoms with van der Waals surface area (Å²) in [5.74, 6) is 0.977. The average Bonchev–Trinajstić information content (AvgIpc) is 2.48. The molecule has 0 unspecified atom stereocenters. The number of halogens is 3. The van der Waals surface area contributed by atoms with Gasteiger partial charge in [-0.2, -0.15) is 4.98 Å². The van der Waals surface area contributed by atoms with Crippen molar-refractivity contribution in [1.29, 1.82) is 0 Å². The molecule has 2 heterocycles. The van der Waals surface area contributed by atoms with Crippen LogP contribution in [-0.2, 0) is 6.54 Å². The Morgan fingerprint density at radius 3 is 2.70 bits per heavy atom. The van der Waals surface area contributed by atoms with E-state index in [1.807, 2.05) is 4.90 Å². The lowest BCUT2D eigenvalue weighted by Gasteiger charge is -2.29. The molecule has 3 rings (SSSR count). The van der Waals surface area contributed by atoms with Crippen LogP contribution in [0.15, 0.2) is 30.5 Å². The number of benzene rings is 1. The summed E-state index contributed by atoms with van der Waals surface area (Å²) in [5, 5.41) is 0. The van der Waals surface area contributed by atoms with E-state index in [0.717, 1.165) is 5.56 Å². The van der Waals surface area contributed by atoms with E-state index in [1.165, 1.54) is 18.3 Å². The Labute approximate surface area is 129 Å². The fourth-order valence-electron chi connectivity index (χ4n) is 2.25. The van der Waals surface area contributed by atoms with Crippen molar-refractivity contribution in [2.24, 2.45) is 0 Å². The number of nitrogens with zero attached hydrogens (tertiary/aromatic N) is 3. The number of nitrogens with two attached hydrogens (primary N) is 1. The number of hydrogen-bond donors (Lipinski definition) is 1. The van der Waals surface area contributed by atoms with E-state index in [1.54, 1.807) is 12.1 Å². The number of hydrogen-bond acceptors (Lipinski definition) is 6. The Morgan fingerprint density at radius 2 is 2.00 bits per heavy atom. The van der Waals surface area contributed by atoms with Crippen molar-refractivity contribution < 1.29 is 22.6 Å². The zero-order valence-corrected chi connectivity index (χ0v) is 11.9. The highest BCUT2D eigenvalue weighted by molar-refractivity contribution is 5.55. The smallest absolute Gasteiger partial charge is 0.486 e. The molecular formula is C14H13F3N4O2. The molecule has 0 amide bonds. The molecule has 2 N–H and O–H groups in total. The second-order valence-corrected chi connectivity index (χ2v) is 4.88. The summed E-state index contributed by atoms with van der Waals surface area (Å²) in [6.45, 7) is 1.51. The monoisotopic (exact) mass is 326 g/mol. The van der Waals surface area contributed by atoms with Gasteiger partial charge < -0.3 is 20.1 Å². The number of alkyl halides is 3. The molecule has 1 aliphatic heterocycles. The topological polar surface area (TPSA) is 73.5 Å². The van der Waals surface area contributed by atoms with Gasteiger partial charge in [0.1, 0.15) is 12.4 Å². The van der Waals surface area contributed by atoms with Crippen LogP contribution in [0.2, 0.25) is 0 Å². The van der Waals surface area contributed by atoms with Gasteiger partial charge in [-0.1, -0.05) is 12.1 Å². The zero-order valence-electron chi connectivity index (χ0n) is 11.9. The molecule has 0 saturated heterocycles. The van der Waals surface area contributed by atoms with Crippen LogP contribution in [0.5, 0.6) is 11.5 Å². The molecule has 2 aromatic rings. The van der Waals surface area contributed by atoms with Gasteiger partial charge in [-0.05, 0) is 17.7 Å². The van der Waals surface area contributed by atoms with Crippen LogP contribution in [-0.4, -0.2) is 29.5 Å². The Balaban J connectivity index is 1.75. The molecule has 9 heteroatoms. The van der Waals surface area contributed by atoms with Crippen LogP contribution in [0.3, 0.4) is 0 Å². The van der Waals surface area contributed by atoms with Crippen molar-refractivity contribution in [1.82, 2.24) is 9.97 Å². The van der Waals surface area contributed by atoms with Crippen molar-refractivity contribution >= 4 is 11.8 Å². The summed E-state index contributed by atoms with van der Waals surface area (Å²) in [4.78, 5) is 9.95. The van der Waals surface area contributed by atoms with Gasteiger partial charge in [-0.25, -0.2) is 4.98 Å². The van der Waals surface area contributed by atoms with Crippen LogP contribution < -0.4 is 20.1 Å². The minimum absolute atomic E-state index is 0.133. The average molecular weight is 326 g/mol. The third-order valence-electron chi connectivity index (χ3n) is 3.20. The molecule has 0 fully saturated rings. The largest absolute Gasteiger partial charge is 0.573 e. The number of anilines is 2. The maximum Gasteiger partial charge on any atom is 0.573 e. The van der Waals surface area contributed by atoms with E-state index < -0.39 is 6.36 Å². The normalized spacial score (nSPS) is 14.1. The number of aromatic nitrogens is 2. The summed E-state index contributed by atoms with van der Waals surface area (Å²) in [7, 11) is 0. The molecule has 0 saturated carbocycles. The summed E-state index contributed by atoms with van der Waals surface area (Å²) in [6, 6.07) is 5.69. The highest BCUT2D eigenvalue weighted by atomic mass is 19.4. The van der Waals surface area contributed by atoms with E-state index in [0.29, 0.717) is 31.3 Å². The fourth-order valence-corrected chi connectivity index (χ4v) is 2.25. The third-order valence-corrected chi connectivity index (χ3v) is 3.20. The van der Waals surface area contributed by atoms with Crippen molar-refractivity contribution in [2.75, 3.05) is 23.8 Å². The van der Waals surface area contributed by atoms with Crippen molar-refractivity contribution in [2.45, 2.75) is 12.9 Å². The molecule has 1 aliphatic rings. The van der Waals surface area contributed by atoms with E-state index in [9.17, 15) is 13.2 Å². The van der Waals surface area contributed by atoms with Gasteiger partial charge in [-0.3, -0.25) is 0 Å². The number of ether oxygens (including phenoxy) is 2. The van der Waals surface area contributed by atoms with E-state index in [2.05, 4.69) is 14.7 Å². The Morgan fingerprint density at radius 1 is 1.26 bits per heavy atom. The van der Waals surface area contributed by atoms with Crippen molar-refractivity contribution in [3.05, 3.63) is 36.0 Å². The van der Waals surface area contributed by atoms with Crippen LogP contribution in [0.25, 0.3) is 0 Å². The zero-order chi connectivity index (χ0) is 16.4. The highest BCUT2D eigenvalue weighted by Gasteiger charge is 2.31. The number of rotatable bonds is 3. The molecule has 0 spiro atoms. The van der Waals surface area contributed by atoms with E-state index >= 15 is 0 Å². The lowest BCUT2D eigenvalue weighted by Crippen LogP contribution is -2.33. The predicted octanol–water partition coefficient (Wildman–Crippen LogP) is 2.36. The quantitative estimate of drug-likeness (QED) is 0.933. The van der Waals surface area contributed by atoms with Gasteiger partial charge in [0.15, 0.2) is 11.6 Å². The van der Waals surface area contributed by atoms with E-state index in [-0.39, 0.29) is 11.7 Å². The molecule has 0 radical (unpaired) electrons. The minimum Gasteiger partial charge on any atom is -0.486 e. The van der Waals surface area contributed by atoms with Gasteiger partial charge in [-0.15, -0.1) is 13.2 Å². The van der Waals surface area contributed by atoms with Crippen LogP contribution >= 0.6 is 0 Å². The lowest BCUT2D eigenvalue weighted by molar-refractivity contribution is -0.274. The molecule has 23 heavy (non-hydrogen) atoms. The van der Waals surface area contributed by atoms with Gasteiger partial charge >= 0.3 is 6.36 Å². The van der Waals surface area contributed by atoms with E-state index in [4.69, 9.17) is 10.5 Å². The maximum atomic E-state index is 12.1. The molecule has 0 atom stereocenters. The first kappa shape index (κ1) is 15.2. The maximum absolute atomic E-state index is 12.1. The lowest BCUT2D eigenvalue weighted by atomic mass is 10.2. The third kappa shape index (κ3) is 3.74. The summed E-state index contributed by atoms with van der Waals surface area (Å²) in [6.07, 6.45) is -3.19. The molecule has 0 aliphatic carbocycles. The summed E-state index contributed by atoms with van der Waals surface area (Å²) in [5.41, 5.74) is 6.40. The SMILES string of the molecule is Nc1ncc2c(n1)N(Cc1ccc(OC(F)(F)F)cc1)CCO2. The molecule has 122 valence electrons. The minimum atomic E-state index is -4.70. The Bertz CT molecular complexity index is 691. The molecule has 1 aromatic heterocycles. The van der Waals surface area contributed by atoms with Gasteiger partial charge in [0.2, 0.25) is 5.95 Å². The van der Waals surface area contributed by atoms with Crippen LogP contribution in [0, 0.1) is 0 Å². The van der Waals surface area contributed by atoms with Gasteiger partial charge in [0.05, 0.1) is 12.7 Å². The molecular weight excluding hydrogens is 313 g/mol. The first-order chi connectivity index (χ1) is 10.9. The van der Waals surface area contributed by atoms with Crippen molar-refractivity contribution in [3.8, 4) is 11.5 Å². The number of nitrogen functional groups attached to an aromatic ring is 1. The number of fused-ring (bicyclic) bond motifs is 1. The van der Waals surface area contributed by atoms with Gasteiger partial charge in [0.25, 0.3) is 0 Å². The van der Waals surface area contributed by atoms with Gasteiger partial charge in [0, 0.05) is 6.54 Å². The summed E-state index contributed by atoms with van der Waals surface area (Å²) < 4.78 is 45.7. The predicted molar refractivity (Wildman–Crippen MR) is 76.1 cm³/mol. The molecule has 6 nitrogen and oxygen atoms in total. The second-order valence-electron chi connectivity index (χ2n) is 4.88. The molecule has 0 bridgehead atoms. The Kier molecular flexibility index (Phi) is 3.85. The van der Waals surface area contributed by atoms with Crippen LogP contribution in [0.1, 0.15) is 5.56 Å². The van der Waals surface area contributed by atoms with Crippen molar-refractivity contribution in [3.63, 3.8) is 0 Å². The fraction of sp³-hybridized carbons (Fsp3) is 0.286.